The van der Waals surface area contributed by atoms with Gasteiger partial charge in [-0.25, -0.2) is 0 Å². The molecule has 0 aromatic carbocycles. The van der Waals surface area contributed by atoms with Gasteiger partial charge in [0.2, 0.25) is 0 Å². The minimum absolute atomic E-state index is 0.885. The quantitative estimate of drug-likeness (QED) is 0.651. The number of nitrogens with zero attached hydrogens (tertiary/aromatic N) is 2. The maximum Gasteiger partial charge on any atom is 0.00957 e. The van der Waals surface area contributed by atoms with Crippen LogP contribution in [0.1, 0.15) is 64.2 Å². The average Bonchev–Trinajstić information content (AvgIpc) is 2.38. The number of rotatable bonds is 0. The number of hydrogen-bond acceptors (Lipinski definition) is 2. The highest BCUT2D eigenvalue weighted by Gasteiger charge is 2.33. The Morgan fingerprint density at radius 1 is 0.500 bits per heavy atom. The molecular formula is C16H30N2. The first-order valence-corrected chi connectivity index (χ1v) is 8.19. The molecule has 3 rings (SSSR count). The van der Waals surface area contributed by atoms with Gasteiger partial charge in [-0.3, -0.25) is 0 Å². The van der Waals surface area contributed by atoms with E-state index in [0.29, 0.717) is 0 Å². The van der Waals surface area contributed by atoms with Gasteiger partial charge in [0.1, 0.15) is 0 Å². The zero-order valence-electron chi connectivity index (χ0n) is 12.3. The summed E-state index contributed by atoms with van der Waals surface area (Å²) in [5.41, 5.74) is 0. The van der Waals surface area contributed by atoms with Crippen LogP contribution in [0, 0.1) is 0 Å². The van der Waals surface area contributed by atoms with Crippen molar-refractivity contribution in [3.8, 4) is 0 Å². The molecule has 0 aromatic heterocycles. The van der Waals surface area contributed by atoms with Crippen molar-refractivity contribution in [2.24, 2.45) is 0 Å². The van der Waals surface area contributed by atoms with Crippen LogP contribution in [0.3, 0.4) is 0 Å². The van der Waals surface area contributed by atoms with Crippen LogP contribution in [-0.2, 0) is 0 Å². The summed E-state index contributed by atoms with van der Waals surface area (Å²) in [6.07, 6.45) is 14.5. The molecule has 104 valence electrons. The van der Waals surface area contributed by atoms with Crippen molar-refractivity contribution < 1.29 is 0 Å². The fourth-order valence-electron chi connectivity index (χ4n) is 4.75. The number of fused-ring (bicyclic) bond motifs is 4. The summed E-state index contributed by atoms with van der Waals surface area (Å²) in [4.78, 5) is 5.48. The van der Waals surface area contributed by atoms with Crippen molar-refractivity contribution in [3.63, 3.8) is 0 Å². The lowest BCUT2D eigenvalue weighted by molar-refractivity contribution is 0.0425. The van der Waals surface area contributed by atoms with Gasteiger partial charge < -0.3 is 9.80 Å². The molecule has 3 aliphatic rings. The van der Waals surface area contributed by atoms with Gasteiger partial charge >= 0.3 is 0 Å². The molecule has 3 fully saturated rings. The molecule has 4 bridgehead atoms. The molecule has 2 nitrogen and oxygen atoms in total. The molecule has 0 radical (unpaired) electrons. The van der Waals surface area contributed by atoms with Crippen molar-refractivity contribution >= 4 is 0 Å². The third kappa shape index (κ3) is 2.46. The van der Waals surface area contributed by atoms with E-state index in [2.05, 4.69) is 23.9 Å². The predicted octanol–water partition coefficient (Wildman–Crippen LogP) is 3.27. The summed E-state index contributed by atoms with van der Waals surface area (Å²) in [6.45, 7) is 0. The van der Waals surface area contributed by atoms with Crippen LogP contribution in [-0.4, -0.2) is 48.1 Å². The van der Waals surface area contributed by atoms with Crippen LogP contribution in [0.2, 0.25) is 0 Å². The van der Waals surface area contributed by atoms with Crippen molar-refractivity contribution in [1.82, 2.24) is 9.80 Å². The Morgan fingerprint density at radius 3 is 1.06 bits per heavy atom. The second kappa shape index (κ2) is 5.50. The SMILES string of the molecule is CN1[C@@H]2CCC[C@@H]1CC[C@@H]1CCC[C@@H](CC2)N1C. The monoisotopic (exact) mass is 250 g/mol. The van der Waals surface area contributed by atoms with E-state index in [1.54, 1.807) is 0 Å². The smallest absolute Gasteiger partial charge is 0.00957 e. The van der Waals surface area contributed by atoms with E-state index < -0.39 is 0 Å². The molecule has 0 aromatic rings. The van der Waals surface area contributed by atoms with E-state index in [4.69, 9.17) is 0 Å². The lowest BCUT2D eigenvalue weighted by atomic mass is 9.83. The van der Waals surface area contributed by atoms with E-state index >= 15 is 0 Å². The third-order valence-corrected chi connectivity index (χ3v) is 6.12. The highest BCUT2D eigenvalue weighted by molar-refractivity contribution is 4.90. The average molecular weight is 250 g/mol. The molecule has 0 saturated carbocycles. The van der Waals surface area contributed by atoms with Gasteiger partial charge in [0.25, 0.3) is 0 Å². The van der Waals surface area contributed by atoms with Crippen LogP contribution >= 0.6 is 0 Å². The standard InChI is InChI=1S/C16H30N2/c1-17-13-5-3-6-14(17)10-12-16-8-4-7-15(11-9-13)18(16)2/h13-16H,3-12H2,1-2H3/t13-,14-,15+,16+. The largest absolute Gasteiger partial charge is 0.300 e. The first-order chi connectivity index (χ1) is 8.75. The fraction of sp³-hybridized carbons (Fsp3) is 1.00. The topological polar surface area (TPSA) is 6.48 Å². The zero-order chi connectivity index (χ0) is 12.5. The first kappa shape index (κ1) is 12.9. The number of hydrogen-bond donors (Lipinski definition) is 0. The van der Waals surface area contributed by atoms with Gasteiger partial charge in [-0.2, -0.15) is 0 Å². The van der Waals surface area contributed by atoms with E-state index in [-0.39, 0.29) is 0 Å². The maximum atomic E-state index is 2.74. The van der Waals surface area contributed by atoms with E-state index in [1.165, 1.54) is 64.2 Å². The lowest BCUT2D eigenvalue weighted by Crippen LogP contribution is -2.49. The second-order valence-electron chi connectivity index (χ2n) is 6.96. The van der Waals surface area contributed by atoms with Crippen LogP contribution in [0.5, 0.6) is 0 Å². The minimum Gasteiger partial charge on any atom is -0.300 e. The summed E-state index contributed by atoms with van der Waals surface area (Å²) < 4.78 is 0. The summed E-state index contributed by atoms with van der Waals surface area (Å²) in [5, 5.41) is 0. The van der Waals surface area contributed by atoms with Crippen LogP contribution < -0.4 is 0 Å². The van der Waals surface area contributed by atoms with Gasteiger partial charge in [-0.05, 0) is 65.5 Å². The Balaban J connectivity index is 1.74. The summed E-state index contributed by atoms with van der Waals surface area (Å²) in [6, 6.07) is 3.54. The van der Waals surface area contributed by atoms with Crippen molar-refractivity contribution in [3.05, 3.63) is 0 Å². The van der Waals surface area contributed by atoms with E-state index in [0.717, 1.165) is 24.2 Å². The second-order valence-corrected chi connectivity index (χ2v) is 6.96. The molecule has 3 saturated heterocycles. The Bertz CT molecular complexity index is 226. The molecule has 0 N–H and O–H groups in total. The van der Waals surface area contributed by atoms with Gasteiger partial charge in [-0.1, -0.05) is 12.8 Å². The highest BCUT2D eigenvalue weighted by atomic mass is 15.2. The van der Waals surface area contributed by atoms with E-state index in [1.807, 2.05) is 0 Å². The van der Waals surface area contributed by atoms with Crippen LogP contribution in [0.25, 0.3) is 0 Å². The summed E-state index contributed by atoms with van der Waals surface area (Å²) in [7, 11) is 4.80. The molecule has 3 aliphatic heterocycles. The third-order valence-electron chi connectivity index (χ3n) is 6.12. The highest BCUT2D eigenvalue weighted by Crippen LogP contribution is 2.34. The molecule has 0 amide bonds. The van der Waals surface area contributed by atoms with Gasteiger partial charge in [0, 0.05) is 24.2 Å². The predicted molar refractivity (Wildman–Crippen MR) is 76.8 cm³/mol. The van der Waals surface area contributed by atoms with Gasteiger partial charge in [0.05, 0.1) is 0 Å². The Hall–Kier alpha value is -0.0800. The van der Waals surface area contributed by atoms with Crippen LogP contribution in [0.4, 0.5) is 0 Å². The van der Waals surface area contributed by atoms with E-state index in [9.17, 15) is 0 Å². The van der Waals surface area contributed by atoms with Crippen molar-refractivity contribution in [2.45, 2.75) is 88.4 Å². The molecule has 0 aliphatic carbocycles. The molecule has 4 atom stereocenters. The number of piperidine rings is 2. The van der Waals surface area contributed by atoms with Gasteiger partial charge in [0.15, 0.2) is 0 Å². The molecular weight excluding hydrogens is 220 g/mol. The molecule has 18 heavy (non-hydrogen) atoms. The lowest BCUT2D eigenvalue weighted by Gasteiger charge is -2.46. The van der Waals surface area contributed by atoms with Crippen molar-refractivity contribution in [1.29, 1.82) is 0 Å². The van der Waals surface area contributed by atoms with Crippen molar-refractivity contribution in [2.75, 3.05) is 14.1 Å². The molecule has 0 spiro atoms. The van der Waals surface area contributed by atoms with Gasteiger partial charge in [-0.15, -0.1) is 0 Å². The molecule has 0 unspecified atom stereocenters. The normalized spacial score (nSPS) is 43.7. The summed E-state index contributed by atoms with van der Waals surface area (Å²) >= 11 is 0. The Kier molecular flexibility index (Phi) is 3.95. The Labute approximate surface area is 113 Å². The summed E-state index contributed by atoms with van der Waals surface area (Å²) in [5.74, 6) is 0. The Morgan fingerprint density at radius 2 is 0.778 bits per heavy atom. The fourth-order valence-corrected chi connectivity index (χ4v) is 4.75. The molecule has 3 heterocycles. The maximum absolute atomic E-state index is 2.74. The van der Waals surface area contributed by atoms with Crippen LogP contribution in [0.15, 0.2) is 0 Å². The molecule has 2 heteroatoms. The minimum atomic E-state index is 0.885. The first-order valence-electron chi connectivity index (χ1n) is 8.19. The zero-order valence-corrected chi connectivity index (χ0v) is 12.3.